The van der Waals surface area contributed by atoms with Crippen molar-refractivity contribution in [2.75, 3.05) is 20.3 Å². The SMILES string of the molecule is C=COCCOc1ccc([SH+]c2ccc(OC)cc2)cc1. The molecule has 0 bridgehead atoms. The molecule has 2 aromatic rings. The van der Waals surface area contributed by atoms with Crippen LogP contribution in [0.15, 0.2) is 71.2 Å². The molecule has 0 atom stereocenters. The van der Waals surface area contributed by atoms with Crippen LogP contribution < -0.4 is 9.47 Å². The van der Waals surface area contributed by atoms with E-state index in [2.05, 4.69) is 30.8 Å². The van der Waals surface area contributed by atoms with E-state index in [0.717, 1.165) is 23.3 Å². The molecule has 0 spiro atoms. The molecular formula is C17H19O3S+. The fourth-order valence-corrected chi connectivity index (χ4v) is 2.61. The number of hydrogen-bond acceptors (Lipinski definition) is 3. The Labute approximate surface area is 129 Å². The van der Waals surface area contributed by atoms with E-state index in [4.69, 9.17) is 14.2 Å². The second-order valence-electron chi connectivity index (χ2n) is 4.19. The maximum Gasteiger partial charge on any atom is 0.158 e. The molecule has 0 saturated carbocycles. The van der Waals surface area contributed by atoms with Crippen LogP contribution in [0.2, 0.25) is 0 Å². The van der Waals surface area contributed by atoms with E-state index in [1.54, 1.807) is 7.11 Å². The van der Waals surface area contributed by atoms with Crippen LogP contribution >= 0.6 is 0 Å². The first-order valence-electron chi connectivity index (χ1n) is 6.63. The number of thiol groups is 1. The molecule has 4 heteroatoms. The number of rotatable bonds is 8. The van der Waals surface area contributed by atoms with Gasteiger partial charge in [-0.1, -0.05) is 6.58 Å². The Morgan fingerprint density at radius 3 is 2.00 bits per heavy atom. The maximum atomic E-state index is 5.55. The van der Waals surface area contributed by atoms with Gasteiger partial charge in [0.1, 0.15) is 24.7 Å². The molecule has 0 unspecified atom stereocenters. The predicted octanol–water partition coefficient (Wildman–Crippen LogP) is 3.47. The van der Waals surface area contributed by atoms with Crippen LogP contribution in [0.1, 0.15) is 0 Å². The Kier molecular flexibility index (Phi) is 6.03. The normalized spacial score (nSPS) is 9.95. The summed E-state index contributed by atoms with van der Waals surface area (Å²) in [7, 11) is 1.67. The lowest BCUT2D eigenvalue weighted by Crippen LogP contribution is -2.03. The van der Waals surface area contributed by atoms with Crippen molar-refractivity contribution in [1.82, 2.24) is 0 Å². The minimum atomic E-state index is 0.509. The fraction of sp³-hybridized carbons (Fsp3) is 0.176. The number of methoxy groups -OCH3 is 1. The molecule has 0 aromatic heterocycles. The van der Waals surface area contributed by atoms with Crippen LogP contribution in [0.3, 0.4) is 0 Å². The zero-order chi connectivity index (χ0) is 14.9. The lowest BCUT2D eigenvalue weighted by molar-refractivity contribution is 0.179. The van der Waals surface area contributed by atoms with Gasteiger partial charge < -0.3 is 14.2 Å². The molecule has 0 radical (unpaired) electrons. The summed E-state index contributed by atoms with van der Waals surface area (Å²) in [6, 6.07) is 16.2. The molecule has 0 amide bonds. The van der Waals surface area contributed by atoms with Gasteiger partial charge in [0.05, 0.1) is 13.4 Å². The minimum absolute atomic E-state index is 0.509. The van der Waals surface area contributed by atoms with Gasteiger partial charge in [0, 0.05) is 11.8 Å². The molecule has 0 aliphatic heterocycles. The first-order valence-corrected chi connectivity index (χ1v) is 7.52. The van der Waals surface area contributed by atoms with Crippen molar-refractivity contribution in [3.8, 4) is 11.5 Å². The average molecular weight is 303 g/mol. The van der Waals surface area contributed by atoms with Gasteiger partial charge in [0.15, 0.2) is 9.79 Å². The van der Waals surface area contributed by atoms with Crippen molar-refractivity contribution in [3.63, 3.8) is 0 Å². The van der Waals surface area contributed by atoms with Gasteiger partial charge in [0.25, 0.3) is 0 Å². The second-order valence-corrected chi connectivity index (χ2v) is 5.45. The lowest BCUT2D eigenvalue weighted by atomic mass is 10.3. The van der Waals surface area contributed by atoms with Crippen LogP contribution in [-0.2, 0) is 16.5 Å². The molecular weight excluding hydrogens is 284 g/mol. The van der Waals surface area contributed by atoms with Gasteiger partial charge in [-0.2, -0.15) is 0 Å². The summed E-state index contributed by atoms with van der Waals surface area (Å²) in [6.45, 7) is 4.51. The van der Waals surface area contributed by atoms with Crippen molar-refractivity contribution in [2.45, 2.75) is 9.79 Å². The van der Waals surface area contributed by atoms with Crippen LogP contribution in [0.25, 0.3) is 0 Å². The van der Waals surface area contributed by atoms with Gasteiger partial charge in [-0.3, -0.25) is 0 Å². The average Bonchev–Trinajstić information content (AvgIpc) is 2.54. The molecule has 0 saturated heterocycles. The zero-order valence-corrected chi connectivity index (χ0v) is 12.9. The Morgan fingerprint density at radius 1 is 0.905 bits per heavy atom. The van der Waals surface area contributed by atoms with E-state index in [-0.39, 0.29) is 0 Å². The Bertz CT molecular complexity index is 549. The Hall–Kier alpha value is -2.07. The molecule has 0 heterocycles. The van der Waals surface area contributed by atoms with Crippen molar-refractivity contribution in [3.05, 3.63) is 61.4 Å². The third-order valence-electron chi connectivity index (χ3n) is 2.76. The van der Waals surface area contributed by atoms with Gasteiger partial charge >= 0.3 is 0 Å². The van der Waals surface area contributed by atoms with Gasteiger partial charge in [-0.05, 0) is 48.5 Å². The second kappa shape index (κ2) is 8.27. The van der Waals surface area contributed by atoms with Gasteiger partial charge in [-0.25, -0.2) is 0 Å². The highest BCUT2D eigenvalue weighted by Crippen LogP contribution is 2.19. The highest BCUT2D eigenvalue weighted by molar-refractivity contribution is 7.78. The largest absolute Gasteiger partial charge is 0.498 e. The van der Waals surface area contributed by atoms with E-state index in [9.17, 15) is 0 Å². The van der Waals surface area contributed by atoms with Crippen LogP contribution in [0.5, 0.6) is 11.5 Å². The van der Waals surface area contributed by atoms with Crippen LogP contribution in [0, 0.1) is 0 Å². The summed E-state index contributed by atoms with van der Waals surface area (Å²) >= 11 is 1.16. The quantitative estimate of drug-likeness (QED) is 0.323. The molecule has 2 aromatic carbocycles. The summed E-state index contributed by atoms with van der Waals surface area (Å²) in [5.74, 6) is 1.72. The molecule has 3 nitrogen and oxygen atoms in total. The third-order valence-corrected chi connectivity index (χ3v) is 3.87. The van der Waals surface area contributed by atoms with Crippen molar-refractivity contribution in [2.24, 2.45) is 0 Å². The topological polar surface area (TPSA) is 27.7 Å². The summed E-state index contributed by atoms with van der Waals surface area (Å²) < 4.78 is 15.7. The standard InChI is InChI=1S/C17H18O3S/c1-3-19-12-13-20-15-6-10-17(11-7-15)21-16-8-4-14(18-2)5-9-16/h3-11H,1,12-13H2,2H3/p+1. The molecule has 21 heavy (non-hydrogen) atoms. The summed E-state index contributed by atoms with van der Waals surface area (Å²) in [5, 5.41) is 0. The highest BCUT2D eigenvalue weighted by Gasteiger charge is 2.07. The van der Waals surface area contributed by atoms with Crippen molar-refractivity contribution >= 4 is 11.8 Å². The van der Waals surface area contributed by atoms with Crippen molar-refractivity contribution < 1.29 is 14.2 Å². The van der Waals surface area contributed by atoms with Crippen LogP contribution in [-0.4, -0.2) is 20.3 Å². The maximum absolute atomic E-state index is 5.55. The smallest absolute Gasteiger partial charge is 0.158 e. The molecule has 0 aliphatic carbocycles. The first-order chi connectivity index (χ1) is 10.3. The number of ether oxygens (including phenoxy) is 3. The molecule has 0 aliphatic rings. The molecule has 2 rings (SSSR count). The zero-order valence-electron chi connectivity index (χ0n) is 12.0. The number of hydrogen-bond donors (Lipinski definition) is 0. The van der Waals surface area contributed by atoms with Crippen LogP contribution in [0.4, 0.5) is 0 Å². The first kappa shape index (κ1) is 15.3. The summed E-state index contributed by atoms with van der Waals surface area (Å²) in [4.78, 5) is 2.44. The molecule has 110 valence electrons. The lowest BCUT2D eigenvalue weighted by Gasteiger charge is -2.05. The van der Waals surface area contributed by atoms with Crippen molar-refractivity contribution in [1.29, 1.82) is 0 Å². The van der Waals surface area contributed by atoms with E-state index in [1.807, 2.05) is 24.3 Å². The molecule has 0 fully saturated rings. The Morgan fingerprint density at radius 2 is 1.48 bits per heavy atom. The third kappa shape index (κ3) is 5.08. The fourth-order valence-electron chi connectivity index (χ4n) is 1.71. The highest BCUT2D eigenvalue weighted by atomic mass is 32.2. The van der Waals surface area contributed by atoms with Gasteiger partial charge in [-0.15, -0.1) is 0 Å². The minimum Gasteiger partial charge on any atom is -0.498 e. The van der Waals surface area contributed by atoms with E-state index >= 15 is 0 Å². The number of benzene rings is 2. The van der Waals surface area contributed by atoms with E-state index in [0.29, 0.717) is 13.2 Å². The summed E-state index contributed by atoms with van der Waals surface area (Å²) in [6.07, 6.45) is 1.42. The Balaban J connectivity index is 1.87. The molecule has 0 N–H and O–H groups in total. The van der Waals surface area contributed by atoms with E-state index < -0.39 is 0 Å². The monoisotopic (exact) mass is 303 g/mol. The van der Waals surface area contributed by atoms with E-state index in [1.165, 1.54) is 16.1 Å². The van der Waals surface area contributed by atoms with Gasteiger partial charge in [0.2, 0.25) is 0 Å². The summed E-state index contributed by atoms with van der Waals surface area (Å²) in [5.41, 5.74) is 0. The predicted molar refractivity (Wildman–Crippen MR) is 86.4 cm³/mol.